The van der Waals surface area contributed by atoms with Gasteiger partial charge in [0.15, 0.2) is 11.7 Å². The summed E-state index contributed by atoms with van der Waals surface area (Å²) in [5.74, 6) is -1.21. The van der Waals surface area contributed by atoms with E-state index in [0.29, 0.717) is 5.95 Å². The lowest BCUT2D eigenvalue weighted by Crippen LogP contribution is -2.13. The number of benzene rings is 2. The van der Waals surface area contributed by atoms with E-state index in [0.717, 1.165) is 23.2 Å². The highest BCUT2D eigenvalue weighted by Crippen LogP contribution is 2.26. The van der Waals surface area contributed by atoms with Crippen LogP contribution in [0.2, 0.25) is 0 Å². The van der Waals surface area contributed by atoms with Crippen LogP contribution in [0.3, 0.4) is 0 Å². The smallest absolute Gasteiger partial charge is 0.227 e. The van der Waals surface area contributed by atoms with Gasteiger partial charge in [0.25, 0.3) is 0 Å². The second-order valence-electron chi connectivity index (χ2n) is 5.87. The summed E-state index contributed by atoms with van der Waals surface area (Å²) in [5.41, 5.74) is 1.29. The fourth-order valence-corrected chi connectivity index (χ4v) is 2.70. The van der Waals surface area contributed by atoms with E-state index in [-0.39, 0.29) is 36.0 Å². The van der Waals surface area contributed by atoms with Gasteiger partial charge in [0.1, 0.15) is 11.6 Å². The zero-order valence-electron chi connectivity index (χ0n) is 14.0. The number of hydrogen-bond donors (Lipinski definition) is 2. The van der Waals surface area contributed by atoms with E-state index < -0.39 is 11.6 Å². The van der Waals surface area contributed by atoms with Crippen LogP contribution in [0.15, 0.2) is 53.1 Å². The highest BCUT2D eigenvalue weighted by molar-refractivity contribution is 5.91. The van der Waals surface area contributed by atoms with Gasteiger partial charge in [0.05, 0.1) is 22.8 Å². The number of H-pyrrole nitrogens is 1. The predicted octanol–water partition coefficient (Wildman–Crippen LogP) is 4.07. The summed E-state index contributed by atoms with van der Waals surface area (Å²) in [4.78, 5) is 23.3. The van der Waals surface area contributed by atoms with Crippen molar-refractivity contribution in [2.24, 2.45) is 0 Å². The minimum atomic E-state index is -0.736. The van der Waals surface area contributed by atoms with Crippen LogP contribution in [0.5, 0.6) is 0 Å². The number of anilines is 1. The third kappa shape index (κ3) is 3.55. The van der Waals surface area contributed by atoms with Crippen molar-refractivity contribution in [3.8, 4) is 11.3 Å². The molecule has 2 N–H and O–H groups in total. The third-order valence-corrected chi connectivity index (χ3v) is 3.98. The van der Waals surface area contributed by atoms with Gasteiger partial charge in [-0.1, -0.05) is 18.2 Å². The van der Waals surface area contributed by atoms with E-state index in [1.54, 1.807) is 0 Å². The number of imidazole rings is 1. The van der Waals surface area contributed by atoms with E-state index in [2.05, 4.69) is 20.3 Å². The number of fused-ring (bicyclic) bond motifs is 1. The molecule has 4 rings (SSSR count). The molecule has 2 heterocycles. The Kier molecular flexibility index (Phi) is 4.37. The molecule has 6 nitrogen and oxygen atoms in total. The number of nitrogens with one attached hydrogen (secondary N) is 2. The van der Waals surface area contributed by atoms with Gasteiger partial charge < -0.3 is 9.40 Å². The Bertz CT molecular complexity index is 1070. The van der Waals surface area contributed by atoms with Crippen molar-refractivity contribution < 1.29 is 18.0 Å². The molecule has 0 fully saturated rings. The summed E-state index contributed by atoms with van der Waals surface area (Å²) in [6.45, 7) is 0. The van der Waals surface area contributed by atoms with Crippen molar-refractivity contribution in [1.29, 1.82) is 0 Å². The molecule has 0 aliphatic heterocycles. The molecule has 0 atom stereocenters. The lowest BCUT2D eigenvalue weighted by atomic mass is 10.1. The second-order valence-corrected chi connectivity index (χ2v) is 5.87. The summed E-state index contributed by atoms with van der Waals surface area (Å²) in [6, 6.07) is 11.0. The van der Waals surface area contributed by atoms with Crippen molar-refractivity contribution in [2.75, 3.05) is 5.32 Å². The zero-order chi connectivity index (χ0) is 18.8. The summed E-state index contributed by atoms with van der Waals surface area (Å²) >= 11 is 0. The molecule has 0 saturated heterocycles. The summed E-state index contributed by atoms with van der Waals surface area (Å²) in [7, 11) is 0. The number of halogens is 2. The average Bonchev–Trinajstić information content (AvgIpc) is 3.26. The standard InChI is InChI=1S/C19H14F2N4O2/c20-11-4-3-5-12(21)18(11)15-10-22-17(27-15)9-8-16(26)25-19-23-13-6-1-2-7-14(13)24-19/h1-7,10H,8-9H2,(H2,23,24,25,26). The third-order valence-electron chi connectivity index (χ3n) is 3.98. The van der Waals surface area contributed by atoms with Crippen molar-refractivity contribution in [3.63, 3.8) is 0 Å². The van der Waals surface area contributed by atoms with Crippen LogP contribution in [0.4, 0.5) is 14.7 Å². The fraction of sp³-hybridized carbons (Fsp3) is 0.105. The van der Waals surface area contributed by atoms with Gasteiger partial charge in [-0.05, 0) is 24.3 Å². The zero-order valence-corrected chi connectivity index (χ0v) is 14.0. The number of aromatic nitrogens is 3. The van der Waals surface area contributed by atoms with Crippen LogP contribution in [-0.4, -0.2) is 20.9 Å². The molecular weight excluding hydrogens is 354 g/mol. The Balaban J connectivity index is 1.40. The monoisotopic (exact) mass is 368 g/mol. The topological polar surface area (TPSA) is 83.8 Å². The van der Waals surface area contributed by atoms with Crippen molar-refractivity contribution in [3.05, 3.63) is 66.2 Å². The van der Waals surface area contributed by atoms with E-state index in [4.69, 9.17) is 4.42 Å². The van der Waals surface area contributed by atoms with Gasteiger partial charge in [0, 0.05) is 12.8 Å². The Morgan fingerprint density at radius 2 is 1.89 bits per heavy atom. The minimum Gasteiger partial charge on any atom is -0.441 e. The van der Waals surface area contributed by atoms with Crippen LogP contribution < -0.4 is 5.32 Å². The summed E-state index contributed by atoms with van der Waals surface area (Å²) < 4.78 is 33.0. The lowest BCUT2D eigenvalue weighted by molar-refractivity contribution is -0.116. The first-order chi connectivity index (χ1) is 13.1. The maximum Gasteiger partial charge on any atom is 0.227 e. The van der Waals surface area contributed by atoms with E-state index in [9.17, 15) is 13.6 Å². The molecule has 1 amide bonds. The molecule has 136 valence electrons. The number of para-hydroxylation sites is 2. The van der Waals surface area contributed by atoms with E-state index in [1.165, 1.54) is 12.3 Å². The quantitative estimate of drug-likeness (QED) is 0.556. The van der Waals surface area contributed by atoms with Crippen LogP contribution in [0.25, 0.3) is 22.4 Å². The van der Waals surface area contributed by atoms with Gasteiger partial charge in [-0.2, -0.15) is 0 Å². The Morgan fingerprint density at radius 1 is 1.11 bits per heavy atom. The Hall–Kier alpha value is -3.55. The van der Waals surface area contributed by atoms with Crippen molar-refractivity contribution in [1.82, 2.24) is 15.0 Å². The second kappa shape index (κ2) is 6.99. The molecule has 0 saturated carbocycles. The van der Waals surface area contributed by atoms with Crippen LogP contribution in [0.1, 0.15) is 12.3 Å². The average molecular weight is 368 g/mol. The number of rotatable bonds is 5. The molecule has 8 heteroatoms. The van der Waals surface area contributed by atoms with E-state index in [1.807, 2.05) is 24.3 Å². The van der Waals surface area contributed by atoms with Crippen molar-refractivity contribution in [2.45, 2.75) is 12.8 Å². The van der Waals surface area contributed by atoms with Crippen LogP contribution >= 0.6 is 0 Å². The lowest BCUT2D eigenvalue weighted by Gasteiger charge is -2.01. The number of hydrogen-bond acceptors (Lipinski definition) is 4. The van der Waals surface area contributed by atoms with Crippen molar-refractivity contribution >= 4 is 22.9 Å². The molecule has 4 aromatic rings. The fourth-order valence-electron chi connectivity index (χ4n) is 2.70. The normalized spacial score (nSPS) is 11.0. The Labute approximate surface area is 152 Å². The number of aromatic amines is 1. The van der Waals surface area contributed by atoms with Gasteiger partial charge in [0.2, 0.25) is 11.9 Å². The van der Waals surface area contributed by atoms with Crippen LogP contribution in [0, 0.1) is 11.6 Å². The number of carbonyl (C=O) groups is 1. The maximum absolute atomic E-state index is 13.8. The summed E-state index contributed by atoms with van der Waals surface area (Å²) in [5, 5.41) is 2.66. The highest BCUT2D eigenvalue weighted by atomic mass is 19.1. The molecule has 0 radical (unpaired) electrons. The Morgan fingerprint density at radius 3 is 2.67 bits per heavy atom. The molecular formula is C19H14F2N4O2. The molecule has 27 heavy (non-hydrogen) atoms. The molecule has 0 aliphatic carbocycles. The first kappa shape index (κ1) is 16.9. The minimum absolute atomic E-state index is 0.0155. The summed E-state index contributed by atoms with van der Waals surface area (Å²) in [6.07, 6.45) is 1.51. The van der Waals surface area contributed by atoms with Crippen LogP contribution in [-0.2, 0) is 11.2 Å². The van der Waals surface area contributed by atoms with Gasteiger partial charge in [-0.15, -0.1) is 0 Å². The molecule has 0 spiro atoms. The number of oxazole rings is 1. The predicted molar refractivity (Wildman–Crippen MR) is 94.9 cm³/mol. The first-order valence-electron chi connectivity index (χ1n) is 8.24. The molecule has 0 unspecified atom stereocenters. The molecule has 0 bridgehead atoms. The number of amides is 1. The molecule has 2 aromatic carbocycles. The SMILES string of the molecule is O=C(CCc1ncc(-c2c(F)cccc2F)o1)Nc1nc2ccccc2[nH]1. The largest absolute Gasteiger partial charge is 0.441 e. The number of aryl methyl sites for hydroxylation is 1. The van der Waals surface area contributed by atoms with Gasteiger partial charge >= 0.3 is 0 Å². The number of carbonyl (C=O) groups excluding carboxylic acids is 1. The number of nitrogens with zero attached hydrogens (tertiary/aromatic N) is 2. The molecule has 0 aliphatic rings. The van der Waals surface area contributed by atoms with Gasteiger partial charge in [-0.25, -0.2) is 18.7 Å². The maximum atomic E-state index is 13.8. The first-order valence-corrected chi connectivity index (χ1v) is 8.24. The van der Waals surface area contributed by atoms with Gasteiger partial charge in [-0.3, -0.25) is 10.1 Å². The highest BCUT2D eigenvalue weighted by Gasteiger charge is 2.16. The van der Waals surface area contributed by atoms with E-state index >= 15 is 0 Å². The molecule has 2 aromatic heterocycles.